The van der Waals surface area contributed by atoms with Gasteiger partial charge < -0.3 is 15.4 Å². The van der Waals surface area contributed by atoms with Gasteiger partial charge >= 0.3 is 0 Å². The molecular weight excluding hydrogens is 258 g/mol. The van der Waals surface area contributed by atoms with Crippen molar-refractivity contribution < 1.29 is 4.74 Å². The fourth-order valence-corrected chi connectivity index (χ4v) is 3.90. The highest BCUT2D eigenvalue weighted by Gasteiger charge is 2.34. The van der Waals surface area contributed by atoms with E-state index in [1.165, 1.54) is 5.70 Å². The van der Waals surface area contributed by atoms with Gasteiger partial charge in [-0.2, -0.15) is 0 Å². The number of ether oxygens (including phenoxy) is 1. The maximum atomic E-state index is 5.88. The molecule has 0 spiro atoms. The largest absolute Gasteiger partial charge is 0.376 e. The number of hydrogen-bond donors (Lipinski definition) is 1. The van der Waals surface area contributed by atoms with Gasteiger partial charge in [0.2, 0.25) is 0 Å². The number of nitrogens with zero attached hydrogens (tertiary/aromatic N) is 2. The van der Waals surface area contributed by atoms with E-state index in [4.69, 9.17) is 10.5 Å². The normalized spacial score (nSPS) is 29.1. The van der Waals surface area contributed by atoms with Crippen LogP contribution in [0.25, 0.3) is 0 Å². The summed E-state index contributed by atoms with van der Waals surface area (Å²) < 4.78 is 5.78. The quantitative estimate of drug-likeness (QED) is 0.835. The van der Waals surface area contributed by atoms with Crippen molar-refractivity contribution in [3.63, 3.8) is 0 Å². The van der Waals surface area contributed by atoms with E-state index in [1.807, 2.05) is 11.8 Å². The Morgan fingerprint density at radius 3 is 2.95 bits per heavy atom. The maximum absolute atomic E-state index is 5.88. The Morgan fingerprint density at radius 1 is 1.53 bits per heavy atom. The molecule has 4 nitrogen and oxygen atoms in total. The maximum Gasteiger partial charge on any atom is 0.134 e. The van der Waals surface area contributed by atoms with E-state index in [9.17, 15) is 0 Å². The molecule has 2 aliphatic rings. The van der Waals surface area contributed by atoms with Gasteiger partial charge in [-0.1, -0.05) is 32.5 Å². The second kappa shape index (κ2) is 6.97. The fourth-order valence-electron chi connectivity index (χ4n) is 2.66. The number of rotatable bonds is 5. The number of hydrogen-bond acceptors (Lipinski definition) is 5. The fraction of sp³-hybridized carbons (Fsp3) is 0.857. The first-order valence-electron chi connectivity index (χ1n) is 7.32. The summed E-state index contributed by atoms with van der Waals surface area (Å²) in [5.41, 5.74) is 7.58. The standard InChI is InChI=1S/C14H27N3OS/c1-4-13-9-16(5-6-18-13)14-17(8-11(2)3)12(7-15)10-19-14/h10-11,13-14H,4-9,15H2,1-3H3. The van der Waals surface area contributed by atoms with Gasteiger partial charge in [0.1, 0.15) is 5.50 Å². The highest BCUT2D eigenvalue weighted by molar-refractivity contribution is 8.02. The minimum atomic E-state index is 0.386. The molecule has 0 aromatic heterocycles. The lowest BCUT2D eigenvalue weighted by atomic mass is 10.2. The second-order valence-corrected chi connectivity index (χ2v) is 6.65. The molecule has 0 amide bonds. The van der Waals surface area contributed by atoms with Gasteiger partial charge in [-0.25, -0.2) is 0 Å². The van der Waals surface area contributed by atoms with Crippen LogP contribution in [0.15, 0.2) is 11.1 Å². The molecule has 5 heteroatoms. The number of nitrogens with two attached hydrogens (primary N) is 1. The molecule has 0 aromatic carbocycles. The van der Waals surface area contributed by atoms with Crippen molar-refractivity contribution in [2.75, 3.05) is 32.8 Å². The SMILES string of the molecule is CCC1CN(C2SC=C(CN)N2CC(C)C)CCO1. The Hall–Kier alpha value is -0.230. The molecule has 1 fully saturated rings. The smallest absolute Gasteiger partial charge is 0.134 e. The molecule has 2 aliphatic heterocycles. The average molecular weight is 285 g/mol. The molecule has 0 radical (unpaired) electrons. The van der Waals surface area contributed by atoms with Crippen molar-refractivity contribution in [3.8, 4) is 0 Å². The van der Waals surface area contributed by atoms with Gasteiger partial charge in [0.25, 0.3) is 0 Å². The van der Waals surface area contributed by atoms with Crippen LogP contribution in [0.5, 0.6) is 0 Å². The van der Waals surface area contributed by atoms with Crippen molar-refractivity contribution in [2.24, 2.45) is 11.7 Å². The van der Waals surface area contributed by atoms with Gasteiger partial charge in [0, 0.05) is 31.9 Å². The molecule has 0 aliphatic carbocycles. The summed E-state index contributed by atoms with van der Waals surface area (Å²) in [7, 11) is 0. The van der Waals surface area contributed by atoms with Crippen LogP contribution in [-0.4, -0.2) is 54.2 Å². The molecule has 2 N–H and O–H groups in total. The summed E-state index contributed by atoms with van der Waals surface area (Å²) >= 11 is 1.90. The van der Waals surface area contributed by atoms with E-state index in [0.717, 1.165) is 32.7 Å². The highest BCUT2D eigenvalue weighted by Crippen LogP contribution is 2.34. The summed E-state index contributed by atoms with van der Waals surface area (Å²) in [5.74, 6) is 0.652. The Morgan fingerprint density at radius 2 is 2.32 bits per heavy atom. The lowest BCUT2D eigenvalue weighted by Crippen LogP contribution is -2.52. The highest BCUT2D eigenvalue weighted by atomic mass is 32.2. The predicted octanol–water partition coefficient (Wildman–Crippen LogP) is 1.89. The molecule has 1 saturated heterocycles. The van der Waals surface area contributed by atoms with Gasteiger partial charge in [-0.3, -0.25) is 4.90 Å². The summed E-state index contributed by atoms with van der Waals surface area (Å²) in [6.45, 7) is 11.4. The molecule has 2 rings (SSSR count). The van der Waals surface area contributed by atoms with Crippen LogP contribution in [0.1, 0.15) is 27.2 Å². The molecular formula is C14H27N3OS. The summed E-state index contributed by atoms with van der Waals surface area (Å²) in [6.07, 6.45) is 1.48. The van der Waals surface area contributed by atoms with Crippen LogP contribution < -0.4 is 5.73 Å². The summed E-state index contributed by atoms with van der Waals surface area (Å²) in [6, 6.07) is 0. The van der Waals surface area contributed by atoms with Crippen LogP contribution in [0.2, 0.25) is 0 Å². The first-order valence-corrected chi connectivity index (χ1v) is 8.26. The Kier molecular flexibility index (Phi) is 5.57. The van der Waals surface area contributed by atoms with Gasteiger partial charge in [-0.05, 0) is 17.7 Å². The summed E-state index contributed by atoms with van der Waals surface area (Å²) in [4.78, 5) is 5.03. The molecule has 2 atom stereocenters. The second-order valence-electron chi connectivity index (χ2n) is 5.72. The van der Waals surface area contributed by atoms with Crippen molar-refractivity contribution in [1.82, 2.24) is 9.80 Å². The zero-order valence-corrected chi connectivity index (χ0v) is 13.2. The third-order valence-electron chi connectivity index (χ3n) is 3.67. The third kappa shape index (κ3) is 3.66. The van der Waals surface area contributed by atoms with Crippen LogP contribution in [0, 0.1) is 5.92 Å². The lowest BCUT2D eigenvalue weighted by Gasteiger charge is -2.41. The Labute approximate surface area is 121 Å². The first-order chi connectivity index (χ1) is 9.15. The zero-order valence-electron chi connectivity index (χ0n) is 12.3. The van der Waals surface area contributed by atoms with Crippen LogP contribution >= 0.6 is 11.8 Å². The zero-order chi connectivity index (χ0) is 13.8. The van der Waals surface area contributed by atoms with Crippen molar-refractivity contribution in [3.05, 3.63) is 11.1 Å². The molecule has 19 heavy (non-hydrogen) atoms. The van der Waals surface area contributed by atoms with E-state index in [2.05, 4.69) is 36.0 Å². The minimum absolute atomic E-state index is 0.386. The summed E-state index contributed by atoms with van der Waals surface area (Å²) in [5, 5.41) is 2.24. The third-order valence-corrected chi connectivity index (χ3v) is 4.87. The predicted molar refractivity (Wildman–Crippen MR) is 81.7 cm³/mol. The minimum Gasteiger partial charge on any atom is -0.376 e. The lowest BCUT2D eigenvalue weighted by molar-refractivity contribution is -0.0500. The van der Waals surface area contributed by atoms with Crippen molar-refractivity contribution >= 4 is 11.8 Å². The topological polar surface area (TPSA) is 41.7 Å². The molecule has 2 heterocycles. The average Bonchev–Trinajstić information content (AvgIpc) is 2.81. The molecule has 0 saturated carbocycles. The van der Waals surface area contributed by atoms with E-state index in [-0.39, 0.29) is 0 Å². The van der Waals surface area contributed by atoms with E-state index < -0.39 is 0 Å². The van der Waals surface area contributed by atoms with E-state index in [0.29, 0.717) is 24.1 Å². The van der Waals surface area contributed by atoms with Crippen molar-refractivity contribution in [2.45, 2.75) is 38.8 Å². The first kappa shape index (κ1) is 15.2. The number of thioether (sulfide) groups is 1. The number of morpholine rings is 1. The Bertz CT molecular complexity index is 322. The van der Waals surface area contributed by atoms with Crippen LogP contribution in [-0.2, 0) is 4.74 Å². The monoisotopic (exact) mass is 285 g/mol. The van der Waals surface area contributed by atoms with Crippen LogP contribution in [0.4, 0.5) is 0 Å². The van der Waals surface area contributed by atoms with Crippen molar-refractivity contribution in [1.29, 1.82) is 0 Å². The van der Waals surface area contributed by atoms with Gasteiger partial charge in [-0.15, -0.1) is 0 Å². The molecule has 2 unspecified atom stereocenters. The van der Waals surface area contributed by atoms with E-state index in [1.54, 1.807) is 0 Å². The molecule has 110 valence electrons. The van der Waals surface area contributed by atoms with E-state index >= 15 is 0 Å². The van der Waals surface area contributed by atoms with Crippen LogP contribution in [0.3, 0.4) is 0 Å². The Balaban J connectivity index is 2.02. The van der Waals surface area contributed by atoms with Gasteiger partial charge in [0.05, 0.1) is 12.7 Å². The van der Waals surface area contributed by atoms with Gasteiger partial charge in [0.15, 0.2) is 0 Å². The molecule has 0 aromatic rings. The molecule has 0 bridgehead atoms.